The van der Waals surface area contributed by atoms with Crippen LogP contribution in [0.15, 0.2) is 41.5 Å². The summed E-state index contributed by atoms with van der Waals surface area (Å²) in [6, 6.07) is 10.0. The van der Waals surface area contributed by atoms with Crippen LogP contribution in [0.3, 0.4) is 0 Å². The predicted octanol–water partition coefficient (Wildman–Crippen LogP) is 4.03. The van der Waals surface area contributed by atoms with Gasteiger partial charge in [-0.2, -0.15) is 0 Å². The van der Waals surface area contributed by atoms with Crippen LogP contribution in [0.25, 0.3) is 0 Å². The van der Waals surface area contributed by atoms with Crippen molar-refractivity contribution in [2.24, 2.45) is 10.7 Å². The number of nitrogens with one attached hydrogen (secondary N) is 1. The van der Waals surface area contributed by atoms with Crippen molar-refractivity contribution >= 4 is 35.6 Å². The maximum absolute atomic E-state index is 5.98. The number of nitrogens with zero attached hydrogens (tertiary/aromatic N) is 2. The number of pyridine rings is 1. The van der Waals surface area contributed by atoms with Crippen molar-refractivity contribution in [3.05, 3.63) is 53.2 Å². The number of nitrogens with two attached hydrogens (primary N) is 1. The highest BCUT2D eigenvalue weighted by Gasteiger charge is 2.04. The van der Waals surface area contributed by atoms with Gasteiger partial charge in [-0.05, 0) is 49.6 Å². The molecule has 0 aliphatic rings. The van der Waals surface area contributed by atoms with Crippen LogP contribution >= 0.6 is 24.0 Å². The third kappa shape index (κ3) is 6.35. The van der Waals surface area contributed by atoms with Gasteiger partial charge in [0.05, 0.1) is 13.2 Å². The summed E-state index contributed by atoms with van der Waals surface area (Å²) in [6.45, 7) is 7.24. The Balaban J connectivity index is 0.00000288. The molecule has 5 nitrogen and oxygen atoms in total. The van der Waals surface area contributed by atoms with Gasteiger partial charge in [-0.3, -0.25) is 0 Å². The molecule has 2 aromatic rings. The Labute approximate surface area is 160 Å². The van der Waals surface area contributed by atoms with E-state index in [1.54, 1.807) is 6.20 Å². The predicted molar refractivity (Wildman–Crippen MR) is 110 cm³/mol. The summed E-state index contributed by atoms with van der Waals surface area (Å²) in [5.41, 5.74) is 10.2. The number of rotatable bonds is 6. The van der Waals surface area contributed by atoms with Crippen LogP contribution in [0, 0.1) is 13.8 Å². The van der Waals surface area contributed by atoms with Gasteiger partial charge in [0.1, 0.15) is 0 Å². The van der Waals surface area contributed by atoms with Crippen molar-refractivity contribution in [2.75, 3.05) is 11.9 Å². The topological polar surface area (TPSA) is 72.5 Å². The van der Waals surface area contributed by atoms with Gasteiger partial charge >= 0.3 is 0 Å². The molecule has 1 heterocycles. The number of aryl methyl sites for hydroxylation is 2. The molecule has 2 rings (SSSR count). The maximum atomic E-state index is 5.98. The molecule has 0 fully saturated rings. The van der Waals surface area contributed by atoms with E-state index in [0.29, 0.717) is 25.0 Å². The highest BCUT2D eigenvalue weighted by Crippen LogP contribution is 2.16. The van der Waals surface area contributed by atoms with E-state index in [-0.39, 0.29) is 24.0 Å². The van der Waals surface area contributed by atoms with E-state index in [4.69, 9.17) is 10.5 Å². The number of halogens is 1. The van der Waals surface area contributed by atoms with E-state index in [0.717, 1.165) is 17.7 Å². The zero-order chi connectivity index (χ0) is 16.7. The van der Waals surface area contributed by atoms with E-state index < -0.39 is 0 Å². The van der Waals surface area contributed by atoms with E-state index in [9.17, 15) is 0 Å². The van der Waals surface area contributed by atoms with Crippen molar-refractivity contribution in [3.8, 4) is 5.88 Å². The van der Waals surface area contributed by atoms with Crippen LogP contribution in [0.4, 0.5) is 5.69 Å². The molecule has 1 aromatic carbocycles. The van der Waals surface area contributed by atoms with E-state index in [2.05, 4.69) is 42.1 Å². The second-order valence-electron chi connectivity index (χ2n) is 5.52. The lowest BCUT2D eigenvalue weighted by Crippen LogP contribution is -2.22. The molecule has 0 aliphatic carbocycles. The molecule has 24 heavy (non-hydrogen) atoms. The molecule has 0 spiro atoms. The van der Waals surface area contributed by atoms with Crippen LogP contribution in [0.5, 0.6) is 5.88 Å². The van der Waals surface area contributed by atoms with Crippen LogP contribution < -0.4 is 15.8 Å². The Bertz CT molecular complexity index is 668. The third-order valence-electron chi connectivity index (χ3n) is 3.21. The van der Waals surface area contributed by atoms with Crippen LogP contribution in [0.1, 0.15) is 30.0 Å². The summed E-state index contributed by atoms with van der Waals surface area (Å²) in [7, 11) is 0. The molecule has 0 saturated heterocycles. The summed E-state index contributed by atoms with van der Waals surface area (Å²) in [4.78, 5) is 8.63. The lowest BCUT2D eigenvalue weighted by atomic mass is 10.1. The lowest BCUT2D eigenvalue weighted by molar-refractivity contribution is 0.302. The summed E-state index contributed by atoms with van der Waals surface area (Å²) in [5.74, 6) is 0.998. The van der Waals surface area contributed by atoms with Crippen molar-refractivity contribution in [1.29, 1.82) is 0 Å². The summed E-state index contributed by atoms with van der Waals surface area (Å²) in [5, 5.41) is 3.12. The molecule has 0 bridgehead atoms. The third-order valence-corrected chi connectivity index (χ3v) is 3.21. The molecule has 1 aromatic heterocycles. The van der Waals surface area contributed by atoms with Gasteiger partial charge < -0.3 is 15.8 Å². The smallest absolute Gasteiger partial charge is 0.218 e. The zero-order valence-corrected chi connectivity index (χ0v) is 16.7. The van der Waals surface area contributed by atoms with Gasteiger partial charge in [0, 0.05) is 17.4 Å². The first-order valence-corrected chi connectivity index (χ1v) is 7.80. The SMILES string of the molecule is CCCOc1ncccc1CN=C(N)Nc1cc(C)cc(C)c1.I. The van der Waals surface area contributed by atoms with Gasteiger partial charge in [-0.1, -0.05) is 19.1 Å². The number of aliphatic imine (C=N–C) groups is 1. The molecule has 3 N–H and O–H groups in total. The molecule has 0 atom stereocenters. The second-order valence-corrected chi connectivity index (χ2v) is 5.52. The first kappa shape index (κ1) is 20.2. The molecule has 0 unspecified atom stereocenters. The molecule has 0 amide bonds. The fourth-order valence-electron chi connectivity index (χ4n) is 2.28. The lowest BCUT2D eigenvalue weighted by Gasteiger charge is -2.10. The Hall–Kier alpha value is -1.83. The normalized spacial score (nSPS) is 10.9. The first-order valence-electron chi connectivity index (χ1n) is 7.80. The van der Waals surface area contributed by atoms with Gasteiger partial charge in [0.15, 0.2) is 5.96 Å². The zero-order valence-electron chi connectivity index (χ0n) is 14.4. The summed E-state index contributed by atoms with van der Waals surface area (Å²) >= 11 is 0. The van der Waals surface area contributed by atoms with Gasteiger partial charge in [-0.25, -0.2) is 9.98 Å². The minimum absolute atomic E-state index is 0. The quantitative estimate of drug-likeness (QED) is 0.404. The standard InChI is InChI=1S/C18H24N4O.HI/c1-4-8-23-17-15(6-5-7-20-17)12-21-18(19)22-16-10-13(2)9-14(3)11-16;/h5-7,9-11H,4,8,12H2,1-3H3,(H3,19,21,22);1H. The Morgan fingerprint density at radius 2 is 1.96 bits per heavy atom. The molecular weight excluding hydrogens is 415 g/mol. The Morgan fingerprint density at radius 1 is 1.25 bits per heavy atom. The minimum atomic E-state index is 0. The average molecular weight is 440 g/mol. The fourth-order valence-corrected chi connectivity index (χ4v) is 2.28. The van der Waals surface area contributed by atoms with E-state index >= 15 is 0 Å². The van der Waals surface area contributed by atoms with Crippen LogP contribution in [-0.4, -0.2) is 17.6 Å². The number of hydrogen-bond acceptors (Lipinski definition) is 3. The van der Waals surface area contributed by atoms with Gasteiger partial charge in [0.2, 0.25) is 5.88 Å². The highest BCUT2D eigenvalue weighted by atomic mass is 127. The molecular formula is C18H25IN4O. The molecule has 0 saturated carbocycles. The van der Waals surface area contributed by atoms with Crippen LogP contribution in [0.2, 0.25) is 0 Å². The second kappa shape index (κ2) is 10.1. The monoisotopic (exact) mass is 440 g/mol. The maximum Gasteiger partial charge on any atom is 0.218 e. The average Bonchev–Trinajstić information content (AvgIpc) is 2.50. The van der Waals surface area contributed by atoms with Crippen LogP contribution in [-0.2, 0) is 6.54 Å². The molecule has 130 valence electrons. The number of benzene rings is 1. The Morgan fingerprint density at radius 3 is 2.62 bits per heavy atom. The largest absolute Gasteiger partial charge is 0.477 e. The van der Waals surface area contributed by atoms with Crippen molar-refractivity contribution < 1.29 is 4.74 Å². The van der Waals surface area contributed by atoms with Crippen molar-refractivity contribution in [3.63, 3.8) is 0 Å². The Kier molecular flexibility index (Phi) is 8.53. The van der Waals surface area contributed by atoms with Gasteiger partial charge in [-0.15, -0.1) is 24.0 Å². The highest BCUT2D eigenvalue weighted by molar-refractivity contribution is 14.0. The number of anilines is 1. The van der Waals surface area contributed by atoms with Crippen molar-refractivity contribution in [1.82, 2.24) is 4.98 Å². The summed E-state index contributed by atoms with van der Waals surface area (Å²) < 4.78 is 5.63. The van der Waals surface area contributed by atoms with E-state index in [1.165, 1.54) is 11.1 Å². The number of guanidine groups is 1. The van der Waals surface area contributed by atoms with E-state index in [1.807, 2.05) is 24.3 Å². The molecule has 6 heteroatoms. The molecule has 0 aliphatic heterocycles. The number of hydrogen-bond donors (Lipinski definition) is 2. The van der Waals surface area contributed by atoms with Crippen molar-refractivity contribution in [2.45, 2.75) is 33.7 Å². The number of aromatic nitrogens is 1. The number of ether oxygens (including phenoxy) is 1. The van der Waals surface area contributed by atoms with Gasteiger partial charge in [0.25, 0.3) is 0 Å². The summed E-state index contributed by atoms with van der Waals surface area (Å²) in [6.07, 6.45) is 2.66. The first-order chi connectivity index (χ1) is 11.1. The molecule has 0 radical (unpaired) electrons. The minimum Gasteiger partial charge on any atom is -0.477 e. The fraction of sp³-hybridized carbons (Fsp3) is 0.333.